The number of aromatic nitrogens is 1. The van der Waals surface area contributed by atoms with E-state index in [9.17, 15) is 9.59 Å². The number of rotatable bonds is 4. The second-order valence-electron chi connectivity index (χ2n) is 10.3. The Morgan fingerprint density at radius 1 is 1.00 bits per heavy atom. The van der Waals surface area contributed by atoms with Crippen LogP contribution < -0.4 is 5.32 Å². The maximum absolute atomic E-state index is 13.9. The van der Waals surface area contributed by atoms with Gasteiger partial charge in [-0.2, -0.15) is 0 Å². The third-order valence-corrected chi connectivity index (χ3v) is 7.73. The number of nitrogens with zero attached hydrogens (tertiary/aromatic N) is 2. The van der Waals surface area contributed by atoms with Crippen LogP contribution in [0.3, 0.4) is 0 Å². The van der Waals surface area contributed by atoms with Crippen molar-refractivity contribution in [1.82, 2.24) is 14.8 Å². The Morgan fingerprint density at radius 3 is 2.41 bits per heavy atom. The second kappa shape index (κ2) is 9.28. The van der Waals surface area contributed by atoms with Crippen molar-refractivity contribution in [2.24, 2.45) is 0 Å². The number of aryl methyl sites for hydroxylation is 1. The van der Waals surface area contributed by atoms with Crippen LogP contribution in [0, 0.1) is 6.92 Å². The zero-order valence-electron chi connectivity index (χ0n) is 20.3. The van der Waals surface area contributed by atoms with Gasteiger partial charge in [-0.15, -0.1) is 0 Å². The van der Waals surface area contributed by atoms with Crippen LogP contribution in [0.15, 0.2) is 54.6 Å². The number of amides is 2. The van der Waals surface area contributed by atoms with Crippen molar-refractivity contribution in [3.8, 4) is 0 Å². The lowest BCUT2D eigenvalue weighted by Gasteiger charge is -2.44. The molecule has 5 heteroatoms. The maximum atomic E-state index is 13.9. The number of hydrogen-bond acceptors (Lipinski definition) is 2. The van der Waals surface area contributed by atoms with Crippen LogP contribution in [0.1, 0.15) is 73.5 Å². The summed E-state index contributed by atoms with van der Waals surface area (Å²) in [7, 11) is 0. The van der Waals surface area contributed by atoms with Crippen molar-refractivity contribution in [3.05, 3.63) is 71.4 Å². The monoisotopic (exact) mass is 457 g/mol. The Kier molecular flexibility index (Phi) is 6.20. The van der Waals surface area contributed by atoms with Gasteiger partial charge in [0.2, 0.25) is 5.91 Å². The highest BCUT2D eigenvalue weighted by atomic mass is 16.2. The largest absolute Gasteiger partial charge is 0.351 e. The molecule has 0 radical (unpaired) electrons. The fraction of sp³-hybridized carbons (Fsp3) is 0.448. The second-order valence-corrected chi connectivity index (χ2v) is 10.3. The zero-order chi connectivity index (χ0) is 23.7. The smallest absolute Gasteiger partial charge is 0.271 e. The third-order valence-electron chi connectivity index (χ3n) is 7.73. The van der Waals surface area contributed by atoms with E-state index in [1.54, 1.807) is 4.90 Å². The van der Waals surface area contributed by atoms with Gasteiger partial charge >= 0.3 is 0 Å². The van der Waals surface area contributed by atoms with E-state index in [1.807, 2.05) is 41.8 Å². The van der Waals surface area contributed by atoms with Crippen LogP contribution in [-0.4, -0.2) is 32.9 Å². The number of hydrogen-bond donors (Lipinski definition) is 1. The van der Waals surface area contributed by atoms with Crippen LogP contribution in [0.5, 0.6) is 0 Å². The topological polar surface area (TPSA) is 54.3 Å². The van der Waals surface area contributed by atoms with Gasteiger partial charge in [0, 0.05) is 23.5 Å². The summed E-state index contributed by atoms with van der Waals surface area (Å²) in [6.07, 6.45) is 8.11. The number of benzene rings is 2. The van der Waals surface area contributed by atoms with Crippen molar-refractivity contribution in [2.75, 3.05) is 0 Å². The standard InChI is InChI=1S/C29H35N3O2/c1-21-14-16-22(17-15-21)19-32-27(33)26-18-23-10-8-9-13-25(23)31(26)20-29(32,2)28(34)30-24-11-6-4-3-5-7-12-24/h8-10,13-18,24H,3-7,11-12,19-20H2,1-2H3,(H,30,34)/t29-/m1/s1. The molecule has 0 spiro atoms. The molecule has 34 heavy (non-hydrogen) atoms. The summed E-state index contributed by atoms with van der Waals surface area (Å²) in [6, 6.07) is 18.4. The normalized spacial score (nSPS) is 21.7. The van der Waals surface area contributed by atoms with Crippen LogP contribution in [0.4, 0.5) is 0 Å². The SMILES string of the molecule is Cc1ccc(CN2C(=O)c3cc4ccccc4n3C[C@]2(C)C(=O)NC2CCCCCCC2)cc1. The highest BCUT2D eigenvalue weighted by molar-refractivity contribution is 6.03. The van der Waals surface area contributed by atoms with Crippen molar-refractivity contribution in [2.45, 2.75) is 83.5 Å². The van der Waals surface area contributed by atoms with Crippen LogP contribution in [-0.2, 0) is 17.9 Å². The first-order valence-electron chi connectivity index (χ1n) is 12.7. The molecule has 5 nitrogen and oxygen atoms in total. The van der Waals surface area contributed by atoms with Crippen LogP contribution in [0.2, 0.25) is 0 Å². The molecule has 3 aromatic rings. The highest BCUT2D eigenvalue weighted by Gasteiger charge is 2.48. The molecule has 0 saturated heterocycles. The third kappa shape index (κ3) is 4.24. The Hall–Kier alpha value is -3.08. The predicted molar refractivity (Wildman–Crippen MR) is 136 cm³/mol. The summed E-state index contributed by atoms with van der Waals surface area (Å²) in [5, 5.41) is 4.40. The molecule has 2 heterocycles. The molecule has 1 aliphatic carbocycles. The minimum Gasteiger partial charge on any atom is -0.351 e. The first-order chi connectivity index (χ1) is 16.5. The lowest BCUT2D eigenvalue weighted by atomic mass is 9.91. The Labute approximate surface area is 202 Å². The maximum Gasteiger partial charge on any atom is 0.271 e. The van der Waals surface area contributed by atoms with Crippen LogP contribution >= 0.6 is 0 Å². The van der Waals surface area contributed by atoms with Gasteiger partial charge in [-0.1, -0.05) is 80.1 Å². The first kappa shape index (κ1) is 22.7. The molecule has 1 atom stereocenters. The Morgan fingerprint density at radius 2 is 1.68 bits per heavy atom. The lowest BCUT2D eigenvalue weighted by Crippen LogP contribution is -2.64. The lowest BCUT2D eigenvalue weighted by molar-refractivity contribution is -0.134. The van der Waals surface area contributed by atoms with Gasteiger partial charge < -0.3 is 14.8 Å². The molecular weight excluding hydrogens is 422 g/mol. The van der Waals surface area contributed by atoms with E-state index >= 15 is 0 Å². The van der Waals surface area contributed by atoms with Crippen molar-refractivity contribution in [3.63, 3.8) is 0 Å². The van der Waals surface area contributed by atoms with Crippen molar-refractivity contribution < 1.29 is 9.59 Å². The molecule has 1 saturated carbocycles. The van der Waals surface area contributed by atoms with Gasteiger partial charge in [-0.25, -0.2) is 0 Å². The Bertz CT molecular complexity index is 1190. The summed E-state index contributed by atoms with van der Waals surface area (Å²) in [6.45, 7) is 4.86. The number of carbonyl (C=O) groups is 2. The summed E-state index contributed by atoms with van der Waals surface area (Å²) < 4.78 is 2.04. The molecule has 2 aromatic carbocycles. The summed E-state index contributed by atoms with van der Waals surface area (Å²) >= 11 is 0. The van der Waals surface area contributed by atoms with Crippen molar-refractivity contribution in [1.29, 1.82) is 0 Å². The number of carbonyl (C=O) groups excluding carboxylic acids is 2. The van der Waals surface area contributed by atoms with Gasteiger partial charge in [-0.3, -0.25) is 9.59 Å². The summed E-state index contributed by atoms with van der Waals surface area (Å²) in [5.41, 5.74) is 2.90. The molecule has 1 aromatic heterocycles. The number of fused-ring (bicyclic) bond motifs is 3. The molecule has 2 aliphatic rings. The molecule has 1 N–H and O–H groups in total. The van der Waals surface area contributed by atoms with E-state index in [0.717, 1.165) is 42.1 Å². The molecule has 0 bridgehead atoms. The molecule has 178 valence electrons. The van der Waals surface area contributed by atoms with E-state index in [-0.39, 0.29) is 17.9 Å². The quantitative estimate of drug-likeness (QED) is 0.555. The average Bonchev–Trinajstić information content (AvgIpc) is 3.18. The van der Waals surface area contributed by atoms with E-state index in [2.05, 4.69) is 36.5 Å². The summed E-state index contributed by atoms with van der Waals surface area (Å²) in [5.74, 6) is -0.125. The van der Waals surface area contributed by atoms with Gasteiger partial charge in [-0.05, 0) is 44.4 Å². The zero-order valence-corrected chi connectivity index (χ0v) is 20.3. The number of nitrogens with one attached hydrogen (secondary N) is 1. The van der Waals surface area contributed by atoms with Gasteiger partial charge in [0.25, 0.3) is 5.91 Å². The van der Waals surface area contributed by atoms with Gasteiger partial charge in [0.05, 0.1) is 6.54 Å². The highest BCUT2D eigenvalue weighted by Crippen LogP contribution is 2.34. The summed E-state index contributed by atoms with van der Waals surface area (Å²) in [4.78, 5) is 29.6. The minimum atomic E-state index is -0.973. The minimum absolute atomic E-state index is 0.0398. The predicted octanol–water partition coefficient (Wildman–Crippen LogP) is 5.59. The fourth-order valence-electron chi connectivity index (χ4n) is 5.57. The average molecular weight is 458 g/mol. The van der Waals surface area contributed by atoms with Crippen LogP contribution in [0.25, 0.3) is 10.9 Å². The van der Waals surface area contributed by atoms with Crippen molar-refractivity contribution >= 4 is 22.7 Å². The van der Waals surface area contributed by atoms with E-state index in [0.29, 0.717) is 18.8 Å². The molecule has 1 fully saturated rings. The molecule has 0 unspecified atom stereocenters. The van der Waals surface area contributed by atoms with Gasteiger partial charge in [0.1, 0.15) is 11.2 Å². The molecule has 5 rings (SSSR count). The molecular formula is C29H35N3O2. The van der Waals surface area contributed by atoms with E-state index < -0.39 is 5.54 Å². The Balaban J connectivity index is 1.51. The number of para-hydroxylation sites is 1. The molecule has 2 amide bonds. The van der Waals surface area contributed by atoms with E-state index in [4.69, 9.17) is 0 Å². The van der Waals surface area contributed by atoms with E-state index in [1.165, 1.54) is 24.8 Å². The van der Waals surface area contributed by atoms with Gasteiger partial charge in [0.15, 0.2) is 0 Å². The molecule has 1 aliphatic heterocycles. The fourth-order valence-corrected chi connectivity index (χ4v) is 5.57. The first-order valence-corrected chi connectivity index (χ1v) is 12.7.